The maximum Gasteiger partial charge on any atom is 0.258 e. The predicted molar refractivity (Wildman–Crippen MR) is 85.7 cm³/mol. The highest BCUT2D eigenvalue weighted by Gasteiger charge is 2.16. The Balaban J connectivity index is 1.74. The summed E-state index contributed by atoms with van der Waals surface area (Å²) < 4.78 is 10.6. The van der Waals surface area contributed by atoms with E-state index in [2.05, 4.69) is 5.32 Å². The summed E-state index contributed by atoms with van der Waals surface area (Å²) in [6.45, 7) is 3.01. The molecule has 0 aromatic heterocycles. The Hall–Kier alpha value is -2.08. The number of amides is 2. The van der Waals surface area contributed by atoms with Crippen LogP contribution in [0.25, 0.3) is 0 Å². The molecular weight excluding hydrogens is 296 g/mol. The number of carbonyl (C=O) groups is 2. The van der Waals surface area contributed by atoms with Gasteiger partial charge in [-0.3, -0.25) is 9.59 Å². The van der Waals surface area contributed by atoms with E-state index in [9.17, 15) is 9.59 Å². The number of hydrogen-bond acceptors (Lipinski definition) is 4. The van der Waals surface area contributed by atoms with E-state index in [1.807, 2.05) is 12.1 Å². The fraction of sp³-hybridized carbons (Fsp3) is 0.471. The van der Waals surface area contributed by atoms with Crippen molar-refractivity contribution in [2.75, 3.05) is 13.2 Å². The van der Waals surface area contributed by atoms with Crippen LogP contribution in [-0.4, -0.2) is 37.2 Å². The van der Waals surface area contributed by atoms with Crippen LogP contribution in [0.5, 0.6) is 5.75 Å². The molecule has 0 bridgehead atoms. The molecule has 1 saturated heterocycles. The summed E-state index contributed by atoms with van der Waals surface area (Å²) in [6, 6.07) is 7.46. The van der Waals surface area contributed by atoms with Crippen molar-refractivity contribution in [2.45, 2.75) is 38.3 Å². The highest BCUT2D eigenvalue weighted by atomic mass is 16.5. The Morgan fingerprint density at radius 2 is 2.00 bits per heavy atom. The van der Waals surface area contributed by atoms with Crippen LogP contribution in [0.4, 0.5) is 0 Å². The normalized spacial score (nSPS) is 16.6. The van der Waals surface area contributed by atoms with Crippen LogP contribution in [-0.2, 0) is 20.7 Å². The van der Waals surface area contributed by atoms with Gasteiger partial charge in [-0.25, -0.2) is 0 Å². The number of benzene rings is 1. The molecule has 1 aliphatic rings. The predicted octanol–water partition coefficient (Wildman–Crippen LogP) is 0.981. The van der Waals surface area contributed by atoms with Crippen molar-refractivity contribution >= 4 is 11.8 Å². The molecule has 0 aliphatic carbocycles. The number of nitrogens with two attached hydrogens (primary N) is 1. The average Bonchev–Trinajstić information content (AvgIpc) is 2.55. The molecule has 1 heterocycles. The minimum absolute atomic E-state index is 0.0559. The lowest BCUT2D eigenvalue weighted by atomic mass is 10.1. The first kappa shape index (κ1) is 17.3. The zero-order valence-corrected chi connectivity index (χ0v) is 13.3. The van der Waals surface area contributed by atoms with Gasteiger partial charge in [-0.2, -0.15) is 0 Å². The van der Waals surface area contributed by atoms with Crippen molar-refractivity contribution in [3.8, 4) is 5.75 Å². The lowest BCUT2D eigenvalue weighted by Crippen LogP contribution is -2.39. The fourth-order valence-electron chi connectivity index (χ4n) is 2.28. The molecule has 1 aromatic rings. The van der Waals surface area contributed by atoms with Gasteiger partial charge in [-0.1, -0.05) is 12.1 Å². The zero-order valence-electron chi connectivity index (χ0n) is 13.3. The molecule has 2 rings (SSSR count). The third kappa shape index (κ3) is 5.90. The molecule has 1 radical (unpaired) electrons. The molecule has 3 N–H and O–H groups in total. The van der Waals surface area contributed by atoms with Crippen LogP contribution in [0.2, 0.25) is 0 Å². The fourth-order valence-corrected chi connectivity index (χ4v) is 2.28. The van der Waals surface area contributed by atoms with E-state index in [-0.39, 0.29) is 11.9 Å². The first-order chi connectivity index (χ1) is 11.0. The van der Waals surface area contributed by atoms with E-state index >= 15 is 0 Å². The quantitative estimate of drug-likeness (QED) is 0.784. The molecule has 1 fully saturated rings. The number of carbonyl (C=O) groups excluding carboxylic acids is 2. The highest BCUT2D eigenvalue weighted by Crippen LogP contribution is 2.15. The van der Waals surface area contributed by atoms with Gasteiger partial charge in [0.1, 0.15) is 5.75 Å². The van der Waals surface area contributed by atoms with E-state index in [1.54, 1.807) is 25.5 Å². The van der Waals surface area contributed by atoms with Crippen LogP contribution < -0.4 is 15.8 Å². The Labute approximate surface area is 136 Å². The molecule has 23 heavy (non-hydrogen) atoms. The van der Waals surface area contributed by atoms with Crippen LogP contribution in [0, 0.1) is 6.42 Å². The van der Waals surface area contributed by atoms with Crippen LogP contribution in [0.3, 0.4) is 0 Å². The minimum atomic E-state index is -0.669. The van der Waals surface area contributed by atoms with Crippen molar-refractivity contribution in [3.63, 3.8) is 0 Å². The number of hydrogen-bond donors (Lipinski definition) is 2. The van der Waals surface area contributed by atoms with Crippen LogP contribution >= 0.6 is 0 Å². The Morgan fingerprint density at radius 3 is 2.61 bits per heavy atom. The molecule has 1 atom stereocenters. The SMILES string of the molecule is C[C@H](Oc1ccc(C[CH]C(=O)NC2CCOCC2)cc1)C(N)=O. The second-order valence-electron chi connectivity index (χ2n) is 5.61. The van der Waals surface area contributed by atoms with Crippen molar-refractivity contribution < 1.29 is 19.1 Å². The van der Waals surface area contributed by atoms with Gasteiger partial charge in [0.25, 0.3) is 5.91 Å². The summed E-state index contributed by atoms with van der Waals surface area (Å²) in [4.78, 5) is 22.8. The maximum absolute atomic E-state index is 11.9. The standard InChI is InChI=1S/C17H23N2O4/c1-12(17(18)21)23-15-5-2-13(3-6-15)4-7-16(20)19-14-8-10-22-11-9-14/h2-3,5-7,12,14H,4,8-11H2,1H3,(H2,18,21)(H,19,20)/t12-/m0/s1. The maximum atomic E-state index is 11.9. The van der Waals surface area contributed by atoms with Crippen molar-refractivity contribution in [2.24, 2.45) is 5.73 Å². The van der Waals surface area contributed by atoms with Crippen molar-refractivity contribution in [3.05, 3.63) is 36.2 Å². The molecule has 125 valence electrons. The minimum Gasteiger partial charge on any atom is -0.481 e. The summed E-state index contributed by atoms with van der Waals surface area (Å²) in [5.74, 6) is 0.0125. The zero-order chi connectivity index (χ0) is 16.7. The van der Waals surface area contributed by atoms with Gasteiger partial charge in [-0.15, -0.1) is 0 Å². The van der Waals surface area contributed by atoms with Gasteiger partial charge < -0.3 is 20.5 Å². The molecule has 1 aromatic carbocycles. The number of nitrogens with one attached hydrogen (secondary N) is 1. The van der Waals surface area contributed by atoms with Crippen LogP contribution in [0.1, 0.15) is 25.3 Å². The van der Waals surface area contributed by atoms with E-state index in [4.69, 9.17) is 15.2 Å². The molecule has 1 aliphatic heterocycles. The molecule has 0 saturated carbocycles. The summed E-state index contributed by atoms with van der Waals surface area (Å²) in [5.41, 5.74) is 6.14. The second-order valence-corrected chi connectivity index (χ2v) is 5.61. The largest absolute Gasteiger partial charge is 0.481 e. The van der Waals surface area contributed by atoms with Gasteiger partial charge in [0.05, 0.1) is 6.42 Å². The summed E-state index contributed by atoms with van der Waals surface area (Å²) in [5, 5.41) is 2.99. The second kappa shape index (κ2) is 8.53. The van der Waals surface area contributed by atoms with Gasteiger partial charge >= 0.3 is 0 Å². The lowest BCUT2D eigenvalue weighted by molar-refractivity contribution is -0.124. The molecule has 2 amide bonds. The van der Waals surface area contributed by atoms with Crippen molar-refractivity contribution in [1.82, 2.24) is 5.32 Å². The third-order valence-electron chi connectivity index (χ3n) is 3.73. The topological polar surface area (TPSA) is 90.7 Å². The van der Waals surface area contributed by atoms with E-state index in [1.165, 1.54) is 0 Å². The molecule has 0 spiro atoms. The van der Waals surface area contributed by atoms with E-state index in [0.29, 0.717) is 25.4 Å². The van der Waals surface area contributed by atoms with Crippen LogP contribution in [0.15, 0.2) is 24.3 Å². The van der Waals surface area contributed by atoms with E-state index < -0.39 is 12.0 Å². The van der Waals surface area contributed by atoms with Gasteiger partial charge in [-0.05, 0) is 43.9 Å². The summed E-state index contributed by atoms with van der Waals surface area (Å²) in [7, 11) is 0. The molecule has 0 unspecified atom stereocenters. The Bertz CT molecular complexity index is 524. The van der Waals surface area contributed by atoms with Gasteiger partial charge in [0, 0.05) is 19.3 Å². The van der Waals surface area contributed by atoms with Gasteiger partial charge in [0.2, 0.25) is 5.91 Å². The van der Waals surface area contributed by atoms with E-state index in [0.717, 1.165) is 18.4 Å². The monoisotopic (exact) mass is 319 g/mol. The Kier molecular flexibility index (Phi) is 6.40. The Morgan fingerprint density at radius 1 is 1.35 bits per heavy atom. The third-order valence-corrected chi connectivity index (χ3v) is 3.73. The molecule has 6 heteroatoms. The molecule has 6 nitrogen and oxygen atoms in total. The first-order valence-corrected chi connectivity index (χ1v) is 7.81. The summed E-state index contributed by atoms with van der Waals surface area (Å²) >= 11 is 0. The summed E-state index contributed by atoms with van der Waals surface area (Å²) in [6.07, 6.45) is 3.24. The number of primary amides is 1. The highest BCUT2D eigenvalue weighted by molar-refractivity contribution is 5.85. The number of rotatable bonds is 7. The van der Waals surface area contributed by atoms with Gasteiger partial charge in [0.15, 0.2) is 6.10 Å². The van der Waals surface area contributed by atoms with Crippen molar-refractivity contribution in [1.29, 1.82) is 0 Å². The number of ether oxygens (including phenoxy) is 2. The lowest BCUT2D eigenvalue weighted by Gasteiger charge is -2.23. The first-order valence-electron chi connectivity index (χ1n) is 7.81. The smallest absolute Gasteiger partial charge is 0.258 e. The molecular formula is C17H23N2O4. The average molecular weight is 319 g/mol.